The molecule has 0 heterocycles. The maximum Gasteiger partial charge on any atom is 0.305 e. The van der Waals surface area contributed by atoms with Crippen LogP contribution in [-0.4, -0.2) is 41.2 Å². The second kappa shape index (κ2) is 10.5. The van der Waals surface area contributed by atoms with Crippen molar-refractivity contribution in [1.29, 1.82) is 0 Å². The highest BCUT2D eigenvalue weighted by Crippen LogP contribution is 2.32. The quantitative estimate of drug-likeness (QED) is 0.544. The minimum atomic E-state index is -1.08. The number of ether oxygens (including phenoxy) is 1. The summed E-state index contributed by atoms with van der Waals surface area (Å²) in [6.45, 7) is 0. The number of methoxy groups -OCH3 is 1. The van der Waals surface area contributed by atoms with E-state index in [1.165, 1.54) is 0 Å². The number of carboxylic acid groups (broad SMARTS) is 2. The van der Waals surface area contributed by atoms with Crippen LogP contribution in [0.3, 0.4) is 0 Å². The van der Waals surface area contributed by atoms with Crippen LogP contribution in [0.4, 0.5) is 0 Å². The first kappa shape index (κ1) is 22.2. The van der Waals surface area contributed by atoms with Gasteiger partial charge in [0.05, 0.1) is 20.0 Å². The summed E-state index contributed by atoms with van der Waals surface area (Å²) in [6, 6.07) is 12.1. The molecule has 0 aromatic heterocycles. The van der Waals surface area contributed by atoms with Gasteiger partial charge in [-0.05, 0) is 35.7 Å². The van der Waals surface area contributed by atoms with E-state index in [0.717, 1.165) is 16.7 Å². The first-order valence-electron chi connectivity index (χ1n) is 8.94. The summed E-state index contributed by atoms with van der Waals surface area (Å²) in [7, 11) is 1.57. The molecule has 8 heteroatoms. The number of halogens is 1. The van der Waals surface area contributed by atoms with E-state index in [1.807, 2.05) is 24.3 Å². The topological polar surface area (TPSA) is 113 Å². The van der Waals surface area contributed by atoms with Crippen molar-refractivity contribution in [2.45, 2.75) is 31.7 Å². The lowest BCUT2D eigenvalue weighted by molar-refractivity contribution is -0.140. The zero-order valence-corrected chi connectivity index (χ0v) is 16.6. The number of hydrogen-bond acceptors (Lipinski definition) is 4. The van der Waals surface area contributed by atoms with E-state index in [-0.39, 0.29) is 19.3 Å². The molecule has 0 bridgehead atoms. The van der Waals surface area contributed by atoms with Gasteiger partial charge in [0.2, 0.25) is 5.91 Å². The van der Waals surface area contributed by atoms with Crippen molar-refractivity contribution in [3.05, 3.63) is 53.1 Å². The number of hydrogen-bond donors (Lipinski definition) is 3. The van der Waals surface area contributed by atoms with Gasteiger partial charge < -0.3 is 20.3 Å². The SMILES string of the molecule is COc1ccc(Cl)cc1-c1ccc(C[C@H](CC(=O)O)NC(=O)CCC(=O)O)cc1. The number of carbonyl (C=O) groups is 3. The highest BCUT2D eigenvalue weighted by atomic mass is 35.5. The monoisotopic (exact) mass is 419 g/mol. The molecule has 0 aliphatic rings. The normalized spacial score (nSPS) is 11.5. The van der Waals surface area contributed by atoms with Crippen molar-refractivity contribution >= 4 is 29.4 Å². The highest BCUT2D eigenvalue weighted by molar-refractivity contribution is 6.31. The van der Waals surface area contributed by atoms with Gasteiger partial charge in [-0.1, -0.05) is 35.9 Å². The lowest BCUT2D eigenvalue weighted by Gasteiger charge is -2.17. The Morgan fingerprint density at radius 1 is 1.03 bits per heavy atom. The van der Waals surface area contributed by atoms with Crippen LogP contribution in [0.25, 0.3) is 11.1 Å². The number of amides is 1. The fraction of sp³-hybridized carbons (Fsp3) is 0.286. The molecule has 1 amide bonds. The fourth-order valence-electron chi connectivity index (χ4n) is 2.92. The van der Waals surface area contributed by atoms with Crippen LogP contribution in [-0.2, 0) is 20.8 Å². The average molecular weight is 420 g/mol. The summed E-state index contributed by atoms with van der Waals surface area (Å²) in [5.74, 6) is -1.94. The third kappa shape index (κ3) is 7.12. The Bertz CT molecular complexity index is 881. The summed E-state index contributed by atoms with van der Waals surface area (Å²) in [6.07, 6.45) is -0.457. The van der Waals surface area contributed by atoms with Gasteiger partial charge in [0.25, 0.3) is 0 Å². The van der Waals surface area contributed by atoms with E-state index >= 15 is 0 Å². The summed E-state index contributed by atoms with van der Waals surface area (Å²) in [4.78, 5) is 33.6. The molecule has 0 saturated carbocycles. The van der Waals surface area contributed by atoms with Crippen molar-refractivity contribution < 1.29 is 29.3 Å². The molecule has 1 atom stereocenters. The molecule has 154 valence electrons. The molecule has 0 saturated heterocycles. The van der Waals surface area contributed by atoms with E-state index in [2.05, 4.69) is 5.32 Å². The third-order valence-electron chi connectivity index (χ3n) is 4.26. The Kier molecular flexibility index (Phi) is 8.03. The van der Waals surface area contributed by atoms with Crippen molar-refractivity contribution in [3.8, 4) is 16.9 Å². The van der Waals surface area contributed by atoms with Crippen molar-refractivity contribution in [2.24, 2.45) is 0 Å². The number of benzene rings is 2. The molecule has 0 radical (unpaired) electrons. The summed E-state index contributed by atoms with van der Waals surface area (Å²) < 4.78 is 5.36. The number of aliphatic carboxylic acids is 2. The van der Waals surface area contributed by atoms with Gasteiger partial charge in [-0.2, -0.15) is 0 Å². The fourth-order valence-corrected chi connectivity index (χ4v) is 3.09. The predicted octanol–water partition coefficient (Wildman–Crippen LogP) is 3.38. The van der Waals surface area contributed by atoms with E-state index < -0.39 is 23.9 Å². The van der Waals surface area contributed by atoms with E-state index in [4.69, 9.17) is 26.6 Å². The van der Waals surface area contributed by atoms with Gasteiger partial charge in [-0.15, -0.1) is 0 Å². The lowest BCUT2D eigenvalue weighted by atomic mass is 9.98. The molecule has 2 aromatic carbocycles. The molecule has 0 unspecified atom stereocenters. The first-order chi connectivity index (χ1) is 13.8. The van der Waals surface area contributed by atoms with Crippen LogP contribution < -0.4 is 10.1 Å². The molecule has 3 N–H and O–H groups in total. The van der Waals surface area contributed by atoms with Gasteiger partial charge in [-0.25, -0.2) is 0 Å². The highest BCUT2D eigenvalue weighted by Gasteiger charge is 2.17. The predicted molar refractivity (Wildman–Crippen MR) is 108 cm³/mol. The van der Waals surface area contributed by atoms with Gasteiger partial charge in [-0.3, -0.25) is 14.4 Å². The standard InChI is InChI=1S/C21H22ClNO6/c1-29-18-7-6-15(22)11-17(18)14-4-2-13(3-5-14)10-16(12-21(27)28)23-19(24)8-9-20(25)26/h2-7,11,16H,8-10,12H2,1H3,(H,23,24)(H,25,26)(H,27,28)/t16-/m1/s1. The van der Waals surface area contributed by atoms with E-state index in [0.29, 0.717) is 17.2 Å². The van der Waals surface area contributed by atoms with Gasteiger partial charge in [0.1, 0.15) is 5.75 Å². The maximum atomic E-state index is 11.9. The Morgan fingerprint density at radius 3 is 2.31 bits per heavy atom. The largest absolute Gasteiger partial charge is 0.496 e. The lowest BCUT2D eigenvalue weighted by Crippen LogP contribution is -2.38. The minimum Gasteiger partial charge on any atom is -0.496 e. The van der Waals surface area contributed by atoms with Gasteiger partial charge >= 0.3 is 11.9 Å². The number of rotatable bonds is 10. The molecule has 0 fully saturated rings. The molecule has 0 spiro atoms. The average Bonchev–Trinajstić information content (AvgIpc) is 2.66. The zero-order valence-electron chi connectivity index (χ0n) is 15.9. The van der Waals surface area contributed by atoms with Crippen LogP contribution in [0.5, 0.6) is 5.75 Å². The van der Waals surface area contributed by atoms with E-state index in [9.17, 15) is 14.4 Å². The summed E-state index contributed by atoms with van der Waals surface area (Å²) in [5, 5.41) is 20.9. The smallest absolute Gasteiger partial charge is 0.305 e. The van der Waals surface area contributed by atoms with Crippen LogP contribution >= 0.6 is 11.6 Å². The molecule has 29 heavy (non-hydrogen) atoms. The van der Waals surface area contributed by atoms with Crippen LogP contribution in [0.1, 0.15) is 24.8 Å². The van der Waals surface area contributed by atoms with Crippen LogP contribution in [0, 0.1) is 0 Å². The second-order valence-corrected chi connectivity index (χ2v) is 6.94. The summed E-state index contributed by atoms with van der Waals surface area (Å²) >= 11 is 6.08. The molecular weight excluding hydrogens is 398 g/mol. The first-order valence-corrected chi connectivity index (χ1v) is 9.32. The molecule has 0 aliphatic carbocycles. The van der Waals surface area contributed by atoms with E-state index in [1.54, 1.807) is 25.3 Å². The molecular formula is C21H22ClNO6. The number of carbonyl (C=O) groups excluding carboxylic acids is 1. The Morgan fingerprint density at radius 2 is 1.72 bits per heavy atom. The summed E-state index contributed by atoms with van der Waals surface area (Å²) in [5.41, 5.74) is 2.54. The molecule has 7 nitrogen and oxygen atoms in total. The number of carboxylic acids is 2. The Labute approximate surface area is 173 Å². The Hall–Kier alpha value is -3.06. The van der Waals surface area contributed by atoms with Crippen molar-refractivity contribution in [3.63, 3.8) is 0 Å². The number of nitrogens with one attached hydrogen (secondary N) is 1. The van der Waals surface area contributed by atoms with Crippen molar-refractivity contribution in [2.75, 3.05) is 7.11 Å². The zero-order chi connectivity index (χ0) is 21.4. The van der Waals surface area contributed by atoms with Crippen LogP contribution in [0.15, 0.2) is 42.5 Å². The van der Waals surface area contributed by atoms with Crippen molar-refractivity contribution in [1.82, 2.24) is 5.32 Å². The maximum absolute atomic E-state index is 11.9. The van der Waals surface area contributed by atoms with Gasteiger partial charge in [0, 0.05) is 23.0 Å². The second-order valence-electron chi connectivity index (χ2n) is 6.50. The molecule has 2 aromatic rings. The minimum absolute atomic E-state index is 0.195. The third-order valence-corrected chi connectivity index (χ3v) is 4.50. The molecule has 0 aliphatic heterocycles. The van der Waals surface area contributed by atoms with Crippen LogP contribution in [0.2, 0.25) is 5.02 Å². The van der Waals surface area contributed by atoms with Gasteiger partial charge in [0.15, 0.2) is 0 Å². The molecule has 2 rings (SSSR count). The Balaban J connectivity index is 2.12.